The van der Waals surface area contributed by atoms with E-state index in [1.807, 2.05) is 19.3 Å². The van der Waals surface area contributed by atoms with E-state index in [1.54, 1.807) is 0 Å². The van der Waals surface area contributed by atoms with E-state index in [4.69, 9.17) is 0 Å². The largest absolute Gasteiger partial charge is 0.356 e. The lowest BCUT2D eigenvalue weighted by molar-refractivity contribution is 0.203. The lowest BCUT2D eigenvalue weighted by atomic mass is 9.73. The van der Waals surface area contributed by atoms with E-state index in [-0.39, 0.29) is 24.0 Å². The number of fused-ring (bicyclic) bond motifs is 1. The second-order valence-corrected chi connectivity index (χ2v) is 7.95. The molecule has 5 heteroatoms. The highest BCUT2D eigenvalue weighted by atomic mass is 127. The van der Waals surface area contributed by atoms with Gasteiger partial charge in [0, 0.05) is 38.3 Å². The monoisotopic (exact) mass is 478 g/mol. The number of nitrogens with zero attached hydrogens (tertiary/aromatic N) is 3. The van der Waals surface area contributed by atoms with E-state index < -0.39 is 0 Å². The van der Waals surface area contributed by atoms with Gasteiger partial charge in [-0.1, -0.05) is 43.5 Å². The van der Waals surface area contributed by atoms with Crippen LogP contribution >= 0.6 is 24.0 Å². The number of guanidine groups is 1. The lowest BCUT2D eigenvalue weighted by Crippen LogP contribution is -2.42. The summed E-state index contributed by atoms with van der Waals surface area (Å²) in [7, 11) is 1.91. The molecule has 4 rings (SSSR count). The first-order valence-corrected chi connectivity index (χ1v) is 10.1. The van der Waals surface area contributed by atoms with Crippen molar-refractivity contribution >= 4 is 40.8 Å². The number of aliphatic imine (C=N–C) groups is 1. The third-order valence-corrected chi connectivity index (χ3v) is 6.26. The van der Waals surface area contributed by atoms with Crippen LogP contribution in [-0.4, -0.2) is 42.5 Å². The molecule has 27 heavy (non-hydrogen) atoms. The molecule has 0 atom stereocenters. The van der Waals surface area contributed by atoms with Crippen molar-refractivity contribution in [2.75, 3.05) is 26.7 Å². The summed E-state index contributed by atoms with van der Waals surface area (Å²) in [4.78, 5) is 11.6. The zero-order valence-electron chi connectivity index (χ0n) is 16.3. The molecular formula is C22H31IN4. The third-order valence-electron chi connectivity index (χ3n) is 6.26. The van der Waals surface area contributed by atoms with Crippen LogP contribution in [0.3, 0.4) is 0 Å². The van der Waals surface area contributed by atoms with Crippen LogP contribution in [0.25, 0.3) is 10.9 Å². The van der Waals surface area contributed by atoms with Gasteiger partial charge in [-0.3, -0.25) is 9.98 Å². The summed E-state index contributed by atoms with van der Waals surface area (Å²) in [6.07, 6.45) is 11.2. The Kier molecular flexibility index (Phi) is 6.95. The third kappa shape index (κ3) is 4.55. The Morgan fingerprint density at radius 2 is 1.96 bits per heavy atom. The van der Waals surface area contributed by atoms with E-state index in [0.29, 0.717) is 5.41 Å². The summed E-state index contributed by atoms with van der Waals surface area (Å²) < 4.78 is 0. The van der Waals surface area contributed by atoms with Gasteiger partial charge in [0.15, 0.2) is 5.96 Å². The molecule has 0 radical (unpaired) electrons. The fourth-order valence-corrected chi connectivity index (χ4v) is 4.84. The number of halogens is 1. The second kappa shape index (κ2) is 9.22. The fourth-order valence-electron chi connectivity index (χ4n) is 4.84. The molecule has 2 fully saturated rings. The van der Waals surface area contributed by atoms with E-state index in [9.17, 15) is 0 Å². The summed E-state index contributed by atoms with van der Waals surface area (Å²) in [6.45, 7) is 3.23. The number of hydrogen-bond donors (Lipinski definition) is 1. The quantitative estimate of drug-likeness (QED) is 0.398. The van der Waals surface area contributed by atoms with Crippen molar-refractivity contribution in [2.24, 2.45) is 10.4 Å². The number of para-hydroxylation sites is 1. The van der Waals surface area contributed by atoms with Crippen LogP contribution in [0, 0.1) is 5.41 Å². The molecule has 4 nitrogen and oxygen atoms in total. The zero-order chi connectivity index (χ0) is 17.8. The number of pyridine rings is 1. The Labute approximate surface area is 179 Å². The Hall–Kier alpha value is -1.37. The molecule has 1 saturated heterocycles. The Morgan fingerprint density at radius 1 is 1.15 bits per heavy atom. The minimum absolute atomic E-state index is 0. The van der Waals surface area contributed by atoms with E-state index >= 15 is 0 Å². The number of hydrogen-bond acceptors (Lipinski definition) is 2. The van der Waals surface area contributed by atoms with Crippen molar-refractivity contribution < 1.29 is 0 Å². The van der Waals surface area contributed by atoms with Gasteiger partial charge in [-0.15, -0.1) is 24.0 Å². The summed E-state index contributed by atoms with van der Waals surface area (Å²) in [5.41, 5.74) is 2.99. The number of nitrogens with one attached hydrogen (secondary N) is 1. The van der Waals surface area contributed by atoms with Crippen LogP contribution in [0.5, 0.6) is 0 Å². The Bertz CT molecular complexity index is 777. The van der Waals surface area contributed by atoms with Crippen molar-refractivity contribution in [3.63, 3.8) is 0 Å². The minimum Gasteiger partial charge on any atom is -0.356 e. The molecule has 1 aromatic carbocycles. The maximum Gasteiger partial charge on any atom is 0.193 e. The first-order valence-electron chi connectivity index (χ1n) is 10.1. The van der Waals surface area contributed by atoms with Crippen molar-refractivity contribution in [3.05, 3.63) is 42.1 Å². The van der Waals surface area contributed by atoms with Gasteiger partial charge in [-0.25, -0.2) is 0 Å². The molecule has 0 unspecified atom stereocenters. The van der Waals surface area contributed by atoms with Crippen LogP contribution in [0.15, 0.2) is 41.5 Å². The summed E-state index contributed by atoms with van der Waals surface area (Å²) in [6, 6.07) is 10.6. The molecule has 2 aromatic rings. The highest BCUT2D eigenvalue weighted by molar-refractivity contribution is 14.0. The highest BCUT2D eigenvalue weighted by Crippen LogP contribution is 2.43. The molecule has 2 aliphatic rings. The van der Waals surface area contributed by atoms with Gasteiger partial charge < -0.3 is 10.2 Å². The zero-order valence-corrected chi connectivity index (χ0v) is 18.6. The van der Waals surface area contributed by atoms with Gasteiger partial charge in [0.1, 0.15) is 0 Å². The second-order valence-electron chi connectivity index (χ2n) is 7.95. The number of benzene rings is 1. The van der Waals surface area contributed by atoms with Crippen LogP contribution in [0.1, 0.15) is 44.1 Å². The number of rotatable bonds is 3. The first-order chi connectivity index (χ1) is 12.8. The van der Waals surface area contributed by atoms with E-state index in [0.717, 1.165) is 31.0 Å². The highest BCUT2D eigenvalue weighted by Gasteiger charge is 2.39. The van der Waals surface area contributed by atoms with Gasteiger partial charge in [-0.2, -0.15) is 0 Å². The van der Waals surface area contributed by atoms with Crippen molar-refractivity contribution in [1.29, 1.82) is 0 Å². The predicted octanol–water partition coefficient (Wildman–Crippen LogP) is 4.63. The maximum absolute atomic E-state index is 4.57. The number of likely N-dealkylation sites (tertiary alicyclic amines) is 1. The van der Waals surface area contributed by atoms with Gasteiger partial charge in [-0.05, 0) is 42.7 Å². The van der Waals surface area contributed by atoms with Gasteiger partial charge in [0.25, 0.3) is 0 Å². The Morgan fingerprint density at radius 3 is 2.78 bits per heavy atom. The topological polar surface area (TPSA) is 40.5 Å². The molecule has 146 valence electrons. The summed E-state index contributed by atoms with van der Waals surface area (Å²) >= 11 is 0. The first kappa shape index (κ1) is 20.4. The normalized spacial score (nSPS) is 19.3. The lowest BCUT2D eigenvalue weighted by Gasteiger charge is -2.33. The molecule has 2 heterocycles. The summed E-state index contributed by atoms with van der Waals surface area (Å²) in [5, 5.41) is 4.81. The smallest absolute Gasteiger partial charge is 0.193 e. The molecule has 1 aliphatic heterocycles. The predicted molar refractivity (Wildman–Crippen MR) is 124 cm³/mol. The Balaban J connectivity index is 0.00000210. The molecule has 1 saturated carbocycles. The molecule has 1 N–H and O–H groups in total. The van der Waals surface area contributed by atoms with Crippen molar-refractivity contribution in [3.8, 4) is 0 Å². The average Bonchev–Trinajstić information content (AvgIpc) is 3.09. The maximum atomic E-state index is 4.57. The average molecular weight is 478 g/mol. The van der Waals surface area contributed by atoms with Crippen molar-refractivity contribution in [1.82, 2.24) is 15.2 Å². The molecule has 0 amide bonds. The van der Waals surface area contributed by atoms with Gasteiger partial charge in [0.2, 0.25) is 0 Å². The van der Waals surface area contributed by atoms with E-state index in [1.165, 1.54) is 56.0 Å². The molecule has 1 aromatic heterocycles. The van der Waals surface area contributed by atoms with Gasteiger partial charge >= 0.3 is 0 Å². The molecular weight excluding hydrogens is 447 g/mol. The molecule has 0 bridgehead atoms. The summed E-state index contributed by atoms with van der Waals surface area (Å²) in [5.74, 6) is 1.07. The molecule has 1 spiro atoms. The van der Waals surface area contributed by atoms with Crippen LogP contribution < -0.4 is 5.32 Å². The van der Waals surface area contributed by atoms with Crippen molar-refractivity contribution in [2.45, 2.75) is 44.9 Å². The van der Waals surface area contributed by atoms with Gasteiger partial charge in [0.05, 0.1) is 5.52 Å². The minimum atomic E-state index is 0. The SMILES string of the molecule is CN=C(NCCc1cccc2cccnc12)N1CCC2(CCCCC2)C1.I. The van der Waals surface area contributed by atoms with Crippen LogP contribution in [-0.2, 0) is 6.42 Å². The van der Waals surface area contributed by atoms with Crippen LogP contribution in [0.2, 0.25) is 0 Å². The standard InChI is InChI=1S/C22H30N4.HI/c1-23-21(26-16-13-22(17-26)11-3-2-4-12-22)25-15-10-19-8-5-7-18-9-6-14-24-20(18)19;/h5-9,14H,2-4,10-13,15-17H2,1H3,(H,23,25);1H. The fraction of sp³-hybridized carbons (Fsp3) is 0.545. The number of aromatic nitrogens is 1. The van der Waals surface area contributed by atoms with E-state index in [2.05, 4.69) is 44.5 Å². The van der Waals surface area contributed by atoms with Crippen LogP contribution in [0.4, 0.5) is 0 Å². The molecule has 1 aliphatic carbocycles.